The molecule has 3 aromatic rings. The molecule has 9 heteroatoms. The average Bonchev–Trinajstić information content (AvgIpc) is 3.17. The predicted molar refractivity (Wildman–Crippen MR) is 132 cm³/mol. The Morgan fingerprint density at radius 2 is 1.71 bits per heavy atom. The van der Waals surface area contributed by atoms with E-state index in [0.717, 1.165) is 25.7 Å². The van der Waals surface area contributed by atoms with Gasteiger partial charge in [-0.1, -0.05) is 30.8 Å². The van der Waals surface area contributed by atoms with Crippen molar-refractivity contribution in [1.82, 2.24) is 14.9 Å². The lowest BCUT2D eigenvalue weighted by molar-refractivity contribution is 0.282. The maximum Gasteiger partial charge on any atom is 0.148 e. The number of halogens is 3. The van der Waals surface area contributed by atoms with Crippen molar-refractivity contribution in [3.8, 4) is 11.4 Å². The van der Waals surface area contributed by atoms with Gasteiger partial charge in [-0.05, 0) is 56.3 Å². The number of nitrogens with zero attached hydrogens (tertiary/aromatic N) is 3. The normalized spacial score (nSPS) is 18.2. The molecule has 0 bridgehead atoms. The second-order valence-electron chi connectivity index (χ2n) is 8.73. The largest absolute Gasteiger partial charge is 0.383 e. The maximum atomic E-state index is 14.7. The molecule has 0 amide bonds. The first-order valence-electron chi connectivity index (χ1n) is 11.6. The monoisotopic (exact) mass is 482 g/mol. The molecule has 5 N–H and O–H groups in total. The zero-order valence-corrected chi connectivity index (χ0v) is 19.4. The van der Waals surface area contributed by atoms with Gasteiger partial charge in [-0.3, -0.25) is 0 Å². The summed E-state index contributed by atoms with van der Waals surface area (Å²) in [6, 6.07) is 10.0. The molecule has 0 radical (unpaired) electrons. The topological polar surface area (TPSA) is 94.2 Å². The number of hydrogen-bond donors (Lipinski definition) is 3. The number of aliphatic imine (C=N–C) groups is 1. The number of hydrogen-bond acceptors (Lipinski definition) is 5. The molecule has 184 valence electrons. The fourth-order valence-electron chi connectivity index (χ4n) is 4.48. The summed E-state index contributed by atoms with van der Waals surface area (Å²) < 4.78 is 45.0. The van der Waals surface area contributed by atoms with Crippen LogP contribution >= 0.6 is 0 Å². The van der Waals surface area contributed by atoms with E-state index in [-0.39, 0.29) is 47.1 Å². The van der Waals surface area contributed by atoms with Crippen LogP contribution in [0.1, 0.15) is 43.0 Å². The molecule has 0 saturated heterocycles. The van der Waals surface area contributed by atoms with Crippen molar-refractivity contribution in [2.75, 3.05) is 12.3 Å². The van der Waals surface area contributed by atoms with Gasteiger partial charge < -0.3 is 21.4 Å². The van der Waals surface area contributed by atoms with Gasteiger partial charge in [0.1, 0.15) is 40.6 Å². The summed E-state index contributed by atoms with van der Waals surface area (Å²) in [5.74, 6) is -0.678. The van der Waals surface area contributed by atoms with Crippen LogP contribution < -0.4 is 16.8 Å². The van der Waals surface area contributed by atoms with E-state index in [2.05, 4.69) is 21.9 Å². The standard InChI is InChI=1S/C26H29F3N6/c1-16(32-14-18-5-2-3-6-20(18)27)33-15-23-25(31)35(19-11-9-17(13-30)10-12-19)26(34-23)24-21(28)7-4-8-22(24)29/h2-8,15,17,19,32H,1,9-14,30-31H2/b33-15-. The number of nitrogens with two attached hydrogens (primary N) is 2. The number of nitrogen functional groups attached to an aromatic ring is 1. The highest BCUT2D eigenvalue weighted by Crippen LogP contribution is 2.38. The minimum Gasteiger partial charge on any atom is -0.383 e. The van der Waals surface area contributed by atoms with Crippen molar-refractivity contribution in [2.24, 2.45) is 16.6 Å². The molecule has 0 aliphatic heterocycles. The van der Waals surface area contributed by atoms with Crippen molar-refractivity contribution >= 4 is 12.0 Å². The van der Waals surface area contributed by atoms with Crippen molar-refractivity contribution in [3.05, 3.63) is 83.6 Å². The van der Waals surface area contributed by atoms with E-state index in [4.69, 9.17) is 11.5 Å². The molecule has 1 fully saturated rings. The minimum atomic E-state index is -0.716. The van der Waals surface area contributed by atoms with Crippen molar-refractivity contribution in [1.29, 1.82) is 0 Å². The second-order valence-corrected chi connectivity index (χ2v) is 8.73. The molecule has 2 aromatic carbocycles. The molecule has 1 heterocycles. The summed E-state index contributed by atoms with van der Waals surface area (Å²) in [6.07, 6.45) is 4.75. The van der Waals surface area contributed by atoms with Gasteiger partial charge in [0, 0.05) is 18.2 Å². The van der Waals surface area contributed by atoms with E-state index >= 15 is 0 Å². The predicted octanol–water partition coefficient (Wildman–Crippen LogP) is 4.92. The van der Waals surface area contributed by atoms with Gasteiger partial charge in [0.05, 0.1) is 11.8 Å². The van der Waals surface area contributed by atoms with E-state index in [1.54, 1.807) is 22.8 Å². The van der Waals surface area contributed by atoms with Crippen LogP contribution in [0.15, 0.2) is 59.9 Å². The zero-order chi connectivity index (χ0) is 24.9. The number of aromatic nitrogens is 2. The van der Waals surface area contributed by atoms with Crippen LogP contribution in [0, 0.1) is 23.4 Å². The van der Waals surface area contributed by atoms with Crippen LogP contribution in [0.5, 0.6) is 0 Å². The molecule has 1 aliphatic rings. The molecule has 6 nitrogen and oxygen atoms in total. The summed E-state index contributed by atoms with van der Waals surface area (Å²) in [5.41, 5.74) is 12.8. The van der Waals surface area contributed by atoms with Crippen LogP contribution in [-0.4, -0.2) is 22.3 Å². The smallest absolute Gasteiger partial charge is 0.148 e. The Hall–Kier alpha value is -3.59. The van der Waals surface area contributed by atoms with Crippen LogP contribution in [0.4, 0.5) is 19.0 Å². The van der Waals surface area contributed by atoms with Crippen molar-refractivity contribution < 1.29 is 13.2 Å². The number of imidazole rings is 1. The number of anilines is 1. The quantitative estimate of drug-likeness (QED) is 0.397. The Kier molecular flexibility index (Phi) is 7.55. The second kappa shape index (κ2) is 10.8. The molecule has 35 heavy (non-hydrogen) atoms. The Labute approximate surface area is 202 Å². The molecular formula is C26H29F3N6. The lowest BCUT2D eigenvalue weighted by Gasteiger charge is -2.30. The van der Waals surface area contributed by atoms with E-state index in [9.17, 15) is 13.2 Å². The fraction of sp³-hybridized carbons (Fsp3) is 0.308. The molecule has 4 rings (SSSR count). The van der Waals surface area contributed by atoms with E-state index in [0.29, 0.717) is 18.0 Å². The van der Waals surface area contributed by atoms with Crippen LogP contribution in [-0.2, 0) is 6.54 Å². The van der Waals surface area contributed by atoms with Gasteiger partial charge in [-0.2, -0.15) is 0 Å². The van der Waals surface area contributed by atoms with Gasteiger partial charge in [0.15, 0.2) is 0 Å². The summed E-state index contributed by atoms with van der Waals surface area (Å²) in [7, 11) is 0. The summed E-state index contributed by atoms with van der Waals surface area (Å²) in [6.45, 7) is 4.64. The van der Waals surface area contributed by atoms with E-state index in [1.165, 1.54) is 30.5 Å². The number of benzene rings is 2. The first-order chi connectivity index (χ1) is 16.9. The van der Waals surface area contributed by atoms with Crippen molar-refractivity contribution in [2.45, 2.75) is 38.3 Å². The molecule has 0 spiro atoms. The molecule has 0 unspecified atom stereocenters. The zero-order valence-electron chi connectivity index (χ0n) is 19.4. The maximum absolute atomic E-state index is 14.7. The lowest BCUT2D eigenvalue weighted by Crippen LogP contribution is -2.24. The Balaban J connectivity index is 1.62. The first-order valence-corrected chi connectivity index (χ1v) is 11.6. The molecule has 1 saturated carbocycles. The summed E-state index contributed by atoms with van der Waals surface area (Å²) in [4.78, 5) is 8.73. The highest BCUT2D eigenvalue weighted by Gasteiger charge is 2.29. The number of rotatable bonds is 8. The highest BCUT2D eigenvalue weighted by molar-refractivity contribution is 5.86. The SMILES string of the molecule is C=C(/N=C\c1nc(-c2c(F)cccc2F)n(C2CCC(CN)CC2)c1N)NCc1ccccc1F. The van der Waals surface area contributed by atoms with E-state index < -0.39 is 11.6 Å². The molecule has 0 atom stereocenters. The third kappa shape index (κ3) is 5.40. The van der Waals surface area contributed by atoms with Gasteiger partial charge in [-0.25, -0.2) is 23.1 Å². The van der Waals surface area contributed by atoms with Crippen molar-refractivity contribution in [3.63, 3.8) is 0 Å². The van der Waals surface area contributed by atoms with Gasteiger partial charge >= 0.3 is 0 Å². The third-order valence-corrected chi connectivity index (χ3v) is 6.46. The average molecular weight is 483 g/mol. The van der Waals surface area contributed by atoms with Gasteiger partial charge in [-0.15, -0.1) is 0 Å². The lowest BCUT2D eigenvalue weighted by atomic mass is 9.86. The van der Waals surface area contributed by atoms with Crippen LogP contribution in [0.25, 0.3) is 11.4 Å². The Morgan fingerprint density at radius 1 is 1.06 bits per heavy atom. The third-order valence-electron chi connectivity index (χ3n) is 6.46. The highest BCUT2D eigenvalue weighted by atomic mass is 19.1. The van der Waals surface area contributed by atoms with Gasteiger partial charge in [0.2, 0.25) is 0 Å². The Morgan fingerprint density at radius 3 is 2.37 bits per heavy atom. The van der Waals surface area contributed by atoms with E-state index in [1.807, 2.05) is 0 Å². The molecular weight excluding hydrogens is 453 g/mol. The summed E-state index contributed by atoms with van der Waals surface area (Å²) in [5, 5.41) is 2.94. The minimum absolute atomic E-state index is 0.0659. The van der Waals surface area contributed by atoms with Gasteiger partial charge in [0.25, 0.3) is 0 Å². The van der Waals surface area contributed by atoms with Crippen LogP contribution in [0.2, 0.25) is 0 Å². The first kappa shape index (κ1) is 24.5. The van der Waals surface area contributed by atoms with Crippen LogP contribution in [0.3, 0.4) is 0 Å². The summed E-state index contributed by atoms with van der Waals surface area (Å²) >= 11 is 0. The fourth-order valence-corrected chi connectivity index (χ4v) is 4.48. The number of nitrogens with one attached hydrogen (secondary N) is 1. The molecule has 1 aromatic heterocycles. The Bertz CT molecular complexity index is 1210. The molecule has 1 aliphatic carbocycles.